The Bertz CT molecular complexity index is 1350. The van der Waals surface area contributed by atoms with Gasteiger partial charge in [-0.15, -0.1) is 6.58 Å². The highest BCUT2D eigenvalue weighted by Crippen LogP contribution is 2.34. The number of ether oxygens (including phenoxy) is 5. The molecule has 43 heavy (non-hydrogen) atoms. The van der Waals surface area contributed by atoms with Crippen LogP contribution in [0.1, 0.15) is 28.7 Å². The third-order valence-electron chi connectivity index (χ3n) is 7.51. The van der Waals surface area contributed by atoms with Crippen LogP contribution in [0.2, 0.25) is 0 Å². The number of halogens is 1. The van der Waals surface area contributed by atoms with Crippen molar-refractivity contribution < 1.29 is 23.7 Å². The molecule has 1 aliphatic rings. The minimum atomic E-state index is -0.453. The van der Waals surface area contributed by atoms with Crippen LogP contribution in [-0.2, 0) is 50.1 Å². The van der Waals surface area contributed by atoms with E-state index in [9.17, 15) is 0 Å². The predicted octanol–water partition coefficient (Wildman–Crippen LogP) is 8.07. The molecule has 0 saturated heterocycles. The molecule has 0 unspecified atom stereocenters. The normalized spacial score (nSPS) is 21.8. The van der Waals surface area contributed by atoms with Crippen LogP contribution in [0.3, 0.4) is 0 Å². The largest absolute Gasteiger partial charge is 0.371 e. The molecule has 0 heterocycles. The maximum Gasteiger partial charge on any atom is 0.115 e. The number of hydrogen-bond donors (Lipinski definition) is 0. The van der Waals surface area contributed by atoms with Crippen LogP contribution in [0.5, 0.6) is 0 Å². The Morgan fingerprint density at radius 3 is 1.37 bits per heavy atom. The molecule has 0 amide bonds. The lowest BCUT2D eigenvalue weighted by Crippen LogP contribution is -2.60. The smallest absolute Gasteiger partial charge is 0.115 e. The van der Waals surface area contributed by atoms with Crippen molar-refractivity contribution in [2.45, 2.75) is 63.4 Å². The van der Waals surface area contributed by atoms with E-state index < -0.39 is 18.3 Å². The van der Waals surface area contributed by atoms with E-state index in [0.717, 1.165) is 26.7 Å². The Morgan fingerprint density at radius 1 is 0.512 bits per heavy atom. The molecule has 0 bridgehead atoms. The lowest BCUT2D eigenvalue weighted by molar-refractivity contribution is -0.245. The number of benzene rings is 4. The number of hydrogen-bond acceptors (Lipinski definition) is 5. The quantitative estimate of drug-likeness (QED) is 0.123. The van der Waals surface area contributed by atoms with E-state index in [2.05, 4.69) is 71.0 Å². The van der Waals surface area contributed by atoms with Gasteiger partial charge in [0.25, 0.3) is 0 Å². The second kappa shape index (κ2) is 16.7. The van der Waals surface area contributed by atoms with Gasteiger partial charge in [0.15, 0.2) is 0 Å². The fourth-order valence-corrected chi connectivity index (χ4v) is 5.57. The summed E-state index contributed by atoms with van der Waals surface area (Å²) in [6.45, 7) is 6.01. The summed E-state index contributed by atoms with van der Waals surface area (Å²) in [6, 6.07) is 38.7. The Labute approximate surface area is 263 Å². The van der Waals surface area contributed by atoms with Gasteiger partial charge in [0.1, 0.15) is 18.3 Å². The molecule has 4 aromatic carbocycles. The topological polar surface area (TPSA) is 46.2 Å². The molecule has 1 aliphatic carbocycles. The van der Waals surface area contributed by atoms with Crippen molar-refractivity contribution in [2.75, 3.05) is 6.61 Å². The molecular weight excluding hydrogens is 604 g/mol. The zero-order valence-corrected chi connectivity index (χ0v) is 25.9. The third-order valence-corrected chi connectivity index (χ3v) is 8.04. The first-order chi connectivity index (χ1) is 21.2. The highest BCUT2D eigenvalue weighted by atomic mass is 79.9. The standard InChI is InChI=1S/C37H39BrO5/c1-2-22-39-35-33(40-24-28-12-6-3-7-13-28)23-34(41-25-29-14-8-4-9-15-29)36(42-27-31-18-20-32(38)21-19-31)37(35)43-26-30-16-10-5-11-17-30/h2-21,33-37H,1,22-27H2/t33-,34+,35+,36+,37-/m0/s1. The highest BCUT2D eigenvalue weighted by Gasteiger charge is 2.48. The van der Waals surface area contributed by atoms with E-state index >= 15 is 0 Å². The van der Waals surface area contributed by atoms with Gasteiger partial charge in [-0.2, -0.15) is 0 Å². The van der Waals surface area contributed by atoms with Gasteiger partial charge in [0.05, 0.1) is 45.2 Å². The molecule has 0 radical (unpaired) electrons. The van der Waals surface area contributed by atoms with E-state index in [1.165, 1.54) is 0 Å². The van der Waals surface area contributed by atoms with Gasteiger partial charge in [-0.25, -0.2) is 0 Å². The molecule has 1 saturated carbocycles. The fraction of sp³-hybridized carbons (Fsp3) is 0.297. The van der Waals surface area contributed by atoms with Gasteiger partial charge >= 0.3 is 0 Å². The van der Waals surface area contributed by atoms with Crippen molar-refractivity contribution in [2.24, 2.45) is 0 Å². The van der Waals surface area contributed by atoms with E-state index in [-0.39, 0.29) is 12.2 Å². The molecule has 4 aromatic rings. The summed E-state index contributed by atoms with van der Waals surface area (Å²) in [5, 5.41) is 0. The Balaban J connectivity index is 1.43. The minimum Gasteiger partial charge on any atom is -0.371 e. The molecule has 5 atom stereocenters. The summed E-state index contributed by atoms with van der Waals surface area (Å²) in [5.41, 5.74) is 4.34. The van der Waals surface area contributed by atoms with Crippen molar-refractivity contribution >= 4 is 15.9 Å². The van der Waals surface area contributed by atoms with Crippen molar-refractivity contribution in [1.82, 2.24) is 0 Å². The highest BCUT2D eigenvalue weighted by molar-refractivity contribution is 9.10. The molecule has 1 fully saturated rings. The third kappa shape index (κ3) is 9.44. The van der Waals surface area contributed by atoms with E-state index in [4.69, 9.17) is 23.7 Å². The SMILES string of the molecule is C=CCO[C@H]1[C@H](OCc2ccccc2)[C@H](OCc2ccc(Br)cc2)[C@H](OCc2ccccc2)C[C@@H]1OCc1ccccc1. The van der Waals surface area contributed by atoms with Crippen LogP contribution in [0.25, 0.3) is 0 Å². The summed E-state index contributed by atoms with van der Waals surface area (Å²) < 4.78 is 34.1. The first-order valence-electron chi connectivity index (χ1n) is 14.7. The molecule has 6 heteroatoms. The summed E-state index contributed by atoms with van der Waals surface area (Å²) >= 11 is 3.53. The summed E-state index contributed by atoms with van der Waals surface area (Å²) in [4.78, 5) is 0. The van der Waals surface area contributed by atoms with Crippen LogP contribution in [0.4, 0.5) is 0 Å². The second-order valence-electron chi connectivity index (χ2n) is 10.7. The Morgan fingerprint density at radius 2 is 0.907 bits per heavy atom. The van der Waals surface area contributed by atoms with Crippen molar-refractivity contribution in [3.63, 3.8) is 0 Å². The van der Waals surface area contributed by atoms with E-state index in [0.29, 0.717) is 39.5 Å². The number of rotatable bonds is 15. The molecule has 0 aromatic heterocycles. The van der Waals surface area contributed by atoms with Gasteiger partial charge in [-0.1, -0.05) is 125 Å². The monoisotopic (exact) mass is 642 g/mol. The summed E-state index contributed by atoms with van der Waals surface area (Å²) in [6.07, 6.45) is 0.538. The zero-order chi connectivity index (χ0) is 29.7. The summed E-state index contributed by atoms with van der Waals surface area (Å²) in [5.74, 6) is 0. The average Bonchev–Trinajstić information content (AvgIpc) is 3.06. The maximum atomic E-state index is 6.71. The van der Waals surface area contributed by atoms with Gasteiger partial charge in [-0.05, 0) is 34.4 Å². The molecule has 0 spiro atoms. The first-order valence-corrected chi connectivity index (χ1v) is 15.5. The van der Waals surface area contributed by atoms with E-state index in [1.807, 2.05) is 66.7 Å². The van der Waals surface area contributed by atoms with Crippen LogP contribution in [0.15, 0.2) is 132 Å². The second-order valence-corrected chi connectivity index (χ2v) is 11.6. The minimum absolute atomic E-state index is 0.283. The fourth-order valence-electron chi connectivity index (χ4n) is 5.30. The van der Waals surface area contributed by atoms with Gasteiger partial charge < -0.3 is 23.7 Å². The molecular formula is C37H39BrO5. The predicted molar refractivity (Wildman–Crippen MR) is 172 cm³/mol. The van der Waals surface area contributed by atoms with Crippen LogP contribution in [-0.4, -0.2) is 37.1 Å². The van der Waals surface area contributed by atoms with Crippen LogP contribution < -0.4 is 0 Å². The maximum absolute atomic E-state index is 6.71. The Hall–Kier alpha value is -3.10. The molecule has 224 valence electrons. The molecule has 5 rings (SSSR count). The zero-order valence-electron chi connectivity index (χ0n) is 24.3. The van der Waals surface area contributed by atoms with Crippen LogP contribution >= 0.6 is 15.9 Å². The first kappa shape index (κ1) is 31.3. The Kier molecular flexibility index (Phi) is 12.1. The van der Waals surface area contributed by atoms with Crippen molar-refractivity contribution in [3.8, 4) is 0 Å². The lowest BCUT2D eigenvalue weighted by atomic mass is 9.86. The van der Waals surface area contributed by atoms with Gasteiger partial charge in [0.2, 0.25) is 0 Å². The van der Waals surface area contributed by atoms with Gasteiger partial charge in [0, 0.05) is 10.9 Å². The van der Waals surface area contributed by atoms with Crippen LogP contribution in [0, 0.1) is 0 Å². The van der Waals surface area contributed by atoms with Crippen molar-refractivity contribution in [3.05, 3.63) is 155 Å². The molecule has 0 N–H and O–H groups in total. The van der Waals surface area contributed by atoms with Gasteiger partial charge in [-0.3, -0.25) is 0 Å². The molecule has 5 nitrogen and oxygen atoms in total. The van der Waals surface area contributed by atoms with Crippen molar-refractivity contribution in [1.29, 1.82) is 0 Å². The lowest BCUT2D eigenvalue weighted by Gasteiger charge is -2.46. The molecule has 0 aliphatic heterocycles. The average molecular weight is 644 g/mol. The van der Waals surface area contributed by atoms with E-state index in [1.54, 1.807) is 6.08 Å². The summed E-state index contributed by atoms with van der Waals surface area (Å²) in [7, 11) is 0.